The molecule has 0 saturated carbocycles. The van der Waals surface area contributed by atoms with Crippen LogP contribution in [0.3, 0.4) is 0 Å². The van der Waals surface area contributed by atoms with Crippen LogP contribution in [-0.4, -0.2) is 59.4 Å². The fraction of sp³-hybridized carbons (Fsp3) is 0.233. The van der Waals surface area contributed by atoms with Crippen molar-refractivity contribution >= 4 is 41.7 Å². The lowest BCUT2D eigenvalue weighted by Gasteiger charge is -2.23. The molecule has 0 bridgehead atoms. The molecule has 0 spiro atoms. The Morgan fingerprint density at radius 2 is 1.79 bits per heavy atom. The molecule has 1 N–H and O–H groups in total. The van der Waals surface area contributed by atoms with Gasteiger partial charge in [0.2, 0.25) is 18.2 Å². The molecule has 2 aromatic carbocycles. The molecule has 0 unspecified atom stereocenters. The standard InChI is InChI=1S/C28H29ClFN5O5.C2H2/c1-3-39-26(37)5-4-16-34(2)28(38)33-27(35(19-36)18-20-6-8-21(29)9-7-20)32-23-11-13-24(14-12-23)40-25-15-10-22(30)17-31-25;1-2/h6-15,17,19H,3-5,16,18H2,1-2H3,(H,32,33,38);1-2H. The lowest BCUT2D eigenvalue weighted by atomic mass is 10.2. The number of halogens is 2. The van der Waals surface area contributed by atoms with Gasteiger partial charge in [-0.05, 0) is 61.4 Å². The van der Waals surface area contributed by atoms with Crippen LogP contribution in [-0.2, 0) is 20.9 Å². The van der Waals surface area contributed by atoms with Crippen LogP contribution in [0.2, 0.25) is 5.02 Å². The molecule has 1 heterocycles. The monoisotopic (exact) mass is 595 g/mol. The van der Waals surface area contributed by atoms with Crippen LogP contribution in [0.4, 0.5) is 14.9 Å². The van der Waals surface area contributed by atoms with E-state index in [1.807, 2.05) is 0 Å². The molecule has 0 aliphatic carbocycles. The third-order valence-electron chi connectivity index (χ3n) is 5.41. The van der Waals surface area contributed by atoms with Gasteiger partial charge in [-0.3, -0.25) is 19.8 Å². The molecule has 0 saturated heterocycles. The number of hydrogen-bond donors (Lipinski definition) is 1. The van der Waals surface area contributed by atoms with Crippen molar-refractivity contribution < 1.29 is 28.2 Å². The number of esters is 1. The highest BCUT2D eigenvalue weighted by Gasteiger charge is 2.18. The van der Waals surface area contributed by atoms with Crippen molar-refractivity contribution in [1.82, 2.24) is 20.1 Å². The topological polar surface area (TPSA) is 113 Å². The van der Waals surface area contributed by atoms with Crippen LogP contribution >= 0.6 is 11.6 Å². The first-order valence-electron chi connectivity index (χ1n) is 12.7. The molecule has 10 nitrogen and oxygen atoms in total. The highest BCUT2D eigenvalue weighted by molar-refractivity contribution is 6.30. The van der Waals surface area contributed by atoms with Gasteiger partial charge in [0.1, 0.15) is 11.6 Å². The molecule has 220 valence electrons. The first kappa shape index (κ1) is 33.3. The summed E-state index contributed by atoms with van der Waals surface area (Å²) in [6.45, 7) is 2.41. The molecule has 3 amide bonds. The maximum atomic E-state index is 13.1. The number of carbonyl (C=O) groups is 3. The van der Waals surface area contributed by atoms with Crippen LogP contribution in [0.25, 0.3) is 0 Å². The van der Waals surface area contributed by atoms with Crippen LogP contribution in [0.1, 0.15) is 25.3 Å². The number of guanidine groups is 1. The largest absolute Gasteiger partial charge is 0.466 e. The summed E-state index contributed by atoms with van der Waals surface area (Å²) in [4.78, 5) is 47.6. The summed E-state index contributed by atoms with van der Waals surface area (Å²) >= 11 is 5.98. The summed E-state index contributed by atoms with van der Waals surface area (Å²) in [5, 5.41) is 3.23. The fourth-order valence-corrected chi connectivity index (χ4v) is 3.48. The number of rotatable bonds is 11. The Hall–Kier alpha value is -4.95. The van der Waals surface area contributed by atoms with E-state index in [2.05, 4.69) is 28.1 Å². The number of ether oxygens (including phenoxy) is 2. The number of urea groups is 1. The van der Waals surface area contributed by atoms with Crippen LogP contribution in [0, 0.1) is 18.7 Å². The SMILES string of the molecule is C#C.CCOC(=O)CCCN(C)C(=O)NC(=Nc1ccc(Oc2ccc(F)cn2)cc1)N(C=O)Cc1ccc(Cl)cc1. The van der Waals surface area contributed by atoms with Gasteiger partial charge in [-0.2, -0.15) is 0 Å². The Morgan fingerprint density at radius 1 is 1.10 bits per heavy atom. The maximum Gasteiger partial charge on any atom is 0.323 e. The average molecular weight is 596 g/mol. The number of hydrogen-bond acceptors (Lipinski definition) is 7. The summed E-state index contributed by atoms with van der Waals surface area (Å²) in [6, 6.07) is 15.5. The van der Waals surface area contributed by atoms with E-state index in [4.69, 9.17) is 21.1 Å². The number of nitrogens with zero attached hydrogens (tertiary/aromatic N) is 4. The average Bonchev–Trinajstić information content (AvgIpc) is 2.99. The number of aliphatic imine (C=N–C) groups is 1. The predicted octanol–water partition coefficient (Wildman–Crippen LogP) is 5.55. The zero-order valence-electron chi connectivity index (χ0n) is 23.2. The number of carbonyl (C=O) groups excluding carboxylic acids is 3. The maximum absolute atomic E-state index is 13.1. The highest BCUT2D eigenvalue weighted by atomic mass is 35.5. The molecular formula is C30H31ClFN5O5. The van der Waals surface area contributed by atoms with Gasteiger partial charge in [0.05, 0.1) is 25.0 Å². The summed E-state index contributed by atoms with van der Waals surface area (Å²) in [6.07, 6.45) is 10.2. The Morgan fingerprint density at radius 3 is 2.38 bits per heavy atom. The fourth-order valence-electron chi connectivity index (χ4n) is 3.35. The van der Waals surface area contributed by atoms with Gasteiger partial charge in [-0.1, -0.05) is 23.7 Å². The molecule has 0 aliphatic rings. The lowest BCUT2D eigenvalue weighted by Crippen LogP contribution is -2.48. The van der Waals surface area contributed by atoms with Crippen LogP contribution in [0.5, 0.6) is 11.6 Å². The van der Waals surface area contributed by atoms with Gasteiger partial charge in [-0.15, -0.1) is 12.8 Å². The highest BCUT2D eigenvalue weighted by Crippen LogP contribution is 2.23. The van der Waals surface area contributed by atoms with Gasteiger partial charge in [0.15, 0.2) is 0 Å². The second-order valence-electron chi connectivity index (χ2n) is 8.47. The zero-order valence-corrected chi connectivity index (χ0v) is 24.0. The molecule has 3 aromatic rings. The van der Waals surface area contributed by atoms with Crippen molar-refractivity contribution in [1.29, 1.82) is 0 Å². The number of nitrogens with one attached hydrogen (secondary N) is 1. The van der Waals surface area contributed by atoms with Gasteiger partial charge >= 0.3 is 12.0 Å². The van der Waals surface area contributed by atoms with E-state index >= 15 is 0 Å². The number of benzene rings is 2. The van der Waals surface area contributed by atoms with Crippen LogP contribution < -0.4 is 10.1 Å². The Balaban J connectivity index is 0.00000301. The molecule has 1 aromatic heterocycles. The third-order valence-corrected chi connectivity index (χ3v) is 5.66. The summed E-state index contributed by atoms with van der Waals surface area (Å²) in [5.74, 6) is -0.183. The van der Waals surface area contributed by atoms with E-state index in [1.165, 1.54) is 21.9 Å². The van der Waals surface area contributed by atoms with Gasteiger partial charge < -0.3 is 14.4 Å². The first-order valence-corrected chi connectivity index (χ1v) is 13.1. The van der Waals surface area contributed by atoms with Crippen molar-refractivity contribution in [3.8, 4) is 24.5 Å². The minimum absolute atomic E-state index is 0.0129. The van der Waals surface area contributed by atoms with Gasteiger partial charge in [0.25, 0.3) is 0 Å². The van der Waals surface area contributed by atoms with Crippen molar-refractivity contribution in [3.63, 3.8) is 0 Å². The number of amides is 3. The second kappa shape index (κ2) is 17.7. The second-order valence-corrected chi connectivity index (χ2v) is 8.90. The number of terminal acetylenes is 1. The van der Waals surface area contributed by atoms with Crippen molar-refractivity contribution in [2.75, 3.05) is 20.2 Å². The van der Waals surface area contributed by atoms with Crippen molar-refractivity contribution in [2.24, 2.45) is 4.99 Å². The van der Waals surface area contributed by atoms with E-state index < -0.39 is 11.8 Å². The first-order chi connectivity index (χ1) is 20.3. The number of pyridine rings is 1. The minimum atomic E-state index is -0.520. The van der Waals surface area contributed by atoms with E-state index in [0.29, 0.717) is 35.9 Å². The van der Waals surface area contributed by atoms with E-state index in [0.717, 1.165) is 11.8 Å². The van der Waals surface area contributed by atoms with Crippen LogP contribution in [0.15, 0.2) is 71.9 Å². The van der Waals surface area contributed by atoms with Crippen molar-refractivity contribution in [3.05, 3.63) is 83.3 Å². The van der Waals surface area contributed by atoms with Gasteiger partial charge in [-0.25, -0.2) is 19.2 Å². The normalized spacial score (nSPS) is 10.5. The predicted molar refractivity (Wildman–Crippen MR) is 158 cm³/mol. The summed E-state index contributed by atoms with van der Waals surface area (Å²) < 4.78 is 23.6. The van der Waals surface area contributed by atoms with E-state index in [1.54, 1.807) is 62.5 Å². The summed E-state index contributed by atoms with van der Waals surface area (Å²) in [7, 11) is 1.57. The molecule has 0 aliphatic heterocycles. The minimum Gasteiger partial charge on any atom is -0.466 e. The molecule has 12 heteroatoms. The summed E-state index contributed by atoms with van der Waals surface area (Å²) in [5.41, 5.74) is 1.18. The number of aromatic nitrogens is 1. The quantitative estimate of drug-likeness (QED) is 0.102. The molecule has 0 radical (unpaired) electrons. The van der Waals surface area contributed by atoms with E-state index in [-0.39, 0.29) is 37.3 Å². The molecule has 0 atom stereocenters. The Labute approximate surface area is 249 Å². The Bertz CT molecular complexity index is 1350. The molecule has 42 heavy (non-hydrogen) atoms. The van der Waals surface area contributed by atoms with Crippen molar-refractivity contribution in [2.45, 2.75) is 26.3 Å². The molecular weight excluding hydrogens is 565 g/mol. The molecule has 0 fully saturated rings. The van der Waals surface area contributed by atoms with E-state index in [9.17, 15) is 18.8 Å². The third kappa shape index (κ3) is 11.3. The zero-order chi connectivity index (χ0) is 30.9. The Kier molecular flexibility index (Phi) is 14.0. The lowest BCUT2D eigenvalue weighted by molar-refractivity contribution is -0.143. The van der Waals surface area contributed by atoms with Gasteiger partial charge in [0, 0.05) is 31.1 Å². The molecule has 3 rings (SSSR count). The smallest absolute Gasteiger partial charge is 0.323 e.